The van der Waals surface area contributed by atoms with Crippen molar-refractivity contribution in [2.45, 2.75) is 38.7 Å². The summed E-state index contributed by atoms with van der Waals surface area (Å²) in [5.41, 5.74) is 0.656. The maximum absolute atomic E-state index is 12.0. The smallest absolute Gasteiger partial charge is 0.321 e. The Labute approximate surface area is 136 Å². The molecule has 1 unspecified atom stereocenters. The molecule has 126 valence electrons. The fraction of sp³-hybridized carbons (Fsp3) is 0.529. The van der Waals surface area contributed by atoms with Crippen LogP contribution >= 0.6 is 0 Å². The third-order valence-corrected chi connectivity index (χ3v) is 4.03. The summed E-state index contributed by atoms with van der Waals surface area (Å²) in [6.07, 6.45) is 4.95. The molecule has 1 aliphatic carbocycles. The molecule has 0 heterocycles. The Hall–Kier alpha value is -2.24. The van der Waals surface area contributed by atoms with Crippen molar-refractivity contribution < 1.29 is 19.4 Å². The lowest BCUT2D eigenvalue weighted by Gasteiger charge is -2.20. The molecule has 1 saturated carbocycles. The van der Waals surface area contributed by atoms with Gasteiger partial charge in [-0.25, -0.2) is 4.79 Å². The molecule has 2 rings (SSSR count). The summed E-state index contributed by atoms with van der Waals surface area (Å²) in [7, 11) is 1.58. The normalized spacial score (nSPS) is 15.9. The van der Waals surface area contributed by atoms with E-state index in [2.05, 4.69) is 5.32 Å². The lowest BCUT2D eigenvalue weighted by Crippen LogP contribution is -2.36. The number of anilines is 1. The topological polar surface area (TPSA) is 78.9 Å². The summed E-state index contributed by atoms with van der Waals surface area (Å²) in [5.74, 6) is -0.714. The average molecular weight is 320 g/mol. The number of nitrogens with one attached hydrogen (secondary N) is 1. The maximum Gasteiger partial charge on any atom is 0.321 e. The molecule has 6 nitrogen and oxygen atoms in total. The monoisotopic (exact) mass is 320 g/mol. The fourth-order valence-electron chi connectivity index (χ4n) is 2.61. The maximum atomic E-state index is 12.0. The molecule has 1 aromatic carbocycles. The molecule has 0 radical (unpaired) electrons. The zero-order chi connectivity index (χ0) is 16.8. The highest BCUT2D eigenvalue weighted by atomic mass is 16.5. The lowest BCUT2D eigenvalue weighted by atomic mass is 10.2. The standard InChI is InChI=1S/C17H24N2O4/c1-12(16(20)21)11-19(2)17(22)18-13-7-9-15(10-8-13)23-14-5-3-4-6-14/h7-10,12,14H,3-6,11H2,1-2H3,(H,18,22)(H,20,21). The molecule has 1 fully saturated rings. The number of amides is 2. The Morgan fingerprint density at radius 1 is 1.30 bits per heavy atom. The minimum absolute atomic E-state index is 0.157. The second kappa shape index (κ2) is 7.85. The third kappa shape index (κ3) is 5.16. The molecular formula is C17H24N2O4. The van der Waals surface area contributed by atoms with E-state index in [9.17, 15) is 9.59 Å². The van der Waals surface area contributed by atoms with Crippen molar-refractivity contribution in [1.29, 1.82) is 0 Å². The van der Waals surface area contributed by atoms with Crippen LogP contribution in [0, 0.1) is 5.92 Å². The van der Waals surface area contributed by atoms with Gasteiger partial charge in [0.2, 0.25) is 0 Å². The van der Waals surface area contributed by atoms with Crippen molar-refractivity contribution in [2.24, 2.45) is 5.92 Å². The van der Waals surface area contributed by atoms with E-state index in [1.807, 2.05) is 12.1 Å². The van der Waals surface area contributed by atoms with E-state index in [-0.39, 0.29) is 12.6 Å². The van der Waals surface area contributed by atoms with Crippen molar-refractivity contribution in [3.63, 3.8) is 0 Å². The van der Waals surface area contributed by atoms with Gasteiger partial charge in [-0.1, -0.05) is 6.92 Å². The second-order valence-corrected chi connectivity index (χ2v) is 6.10. The SMILES string of the molecule is CC(CN(C)C(=O)Nc1ccc(OC2CCCC2)cc1)C(=O)O. The zero-order valence-corrected chi connectivity index (χ0v) is 13.6. The molecule has 2 N–H and O–H groups in total. The first-order valence-electron chi connectivity index (χ1n) is 7.97. The lowest BCUT2D eigenvalue weighted by molar-refractivity contribution is -0.141. The molecule has 0 bridgehead atoms. The molecule has 0 spiro atoms. The molecule has 6 heteroatoms. The van der Waals surface area contributed by atoms with Crippen LogP contribution < -0.4 is 10.1 Å². The van der Waals surface area contributed by atoms with Crippen LogP contribution in [-0.4, -0.2) is 41.7 Å². The van der Waals surface area contributed by atoms with Crippen LogP contribution in [0.15, 0.2) is 24.3 Å². The third-order valence-electron chi connectivity index (χ3n) is 4.03. The van der Waals surface area contributed by atoms with E-state index in [0.29, 0.717) is 11.8 Å². The Balaban J connectivity index is 1.84. The Morgan fingerprint density at radius 2 is 1.91 bits per heavy atom. The van der Waals surface area contributed by atoms with E-state index in [1.54, 1.807) is 26.1 Å². The summed E-state index contributed by atoms with van der Waals surface area (Å²) >= 11 is 0. The van der Waals surface area contributed by atoms with E-state index in [1.165, 1.54) is 17.7 Å². The summed E-state index contributed by atoms with van der Waals surface area (Å²) in [5, 5.41) is 11.6. The number of benzene rings is 1. The number of rotatable bonds is 6. The van der Waals surface area contributed by atoms with Gasteiger partial charge in [0, 0.05) is 19.3 Å². The van der Waals surface area contributed by atoms with Gasteiger partial charge < -0.3 is 20.1 Å². The number of hydrogen-bond acceptors (Lipinski definition) is 3. The largest absolute Gasteiger partial charge is 0.490 e. The highest BCUT2D eigenvalue weighted by Gasteiger charge is 2.18. The quantitative estimate of drug-likeness (QED) is 0.843. The van der Waals surface area contributed by atoms with Crippen molar-refractivity contribution in [2.75, 3.05) is 18.9 Å². The molecule has 1 atom stereocenters. The van der Waals surface area contributed by atoms with Gasteiger partial charge in [-0.15, -0.1) is 0 Å². The fourth-order valence-corrected chi connectivity index (χ4v) is 2.61. The highest BCUT2D eigenvalue weighted by molar-refractivity contribution is 5.89. The first-order valence-corrected chi connectivity index (χ1v) is 7.97. The van der Waals surface area contributed by atoms with Crippen molar-refractivity contribution in [1.82, 2.24) is 4.90 Å². The molecule has 1 aliphatic rings. The molecule has 23 heavy (non-hydrogen) atoms. The van der Waals surface area contributed by atoms with Gasteiger partial charge in [0.25, 0.3) is 0 Å². The molecule has 0 aliphatic heterocycles. The van der Waals surface area contributed by atoms with Crippen molar-refractivity contribution in [3.8, 4) is 5.75 Å². The number of ether oxygens (including phenoxy) is 1. The van der Waals surface area contributed by atoms with Crippen LogP contribution in [0.25, 0.3) is 0 Å². The van der Waals surface area contributed by atoms with Gasteiger partial charge >= 0.3 is 12.0 Å². The van der Waals surface area contributed by atoms with Gasteiger partial charge in [-0.2, -0.15) is 0 Å². The molecule has 1 aromatic rings. The predicted octanol–water partition coefficient (Wildman–Crippen LogP) is 3.19. The van der Waals surface area contributed by atoms with Crippen molar-refractivity contribution >= 4 is 17.7 Å². The number of carboxylic acids is 1. The molecule has 2 amide bonds. The van der Waals surface area contributed by atoms with E-state index < -0.39 is 11.9 Å². The minimum atomic E-state index is -0.918. The van der Waals surface area contributed by atoms with Crippen LogP contribution in [-0.2, 0) is 4.79 Å². The second-order valence-electron chi connectivity index (χ2n) is 6.10. The molecule has 0 aromatic heterocycles. The minimum Gasteiger partial charge on any atom is -0.490 e. The van der Waals surface area contributed by atoms with Gasteiger partial charge in [-0.3, -0.25) is 4.79 Å². The van der Waals surface area contributed by atoms with Crippen LogP contribution in [0.4, 0.5) is 10.5 Å². The van der Waals surface area contributed by atoms with E-state index in [0.717, 1.165) is 18.6 Å². The first kappa shape index (κ1) is 17.1. The highest BCUT2D eigenvalue weighted by Crippen LogP contribution is 2.25. The Morgan fingerprint density at radius 3 is 2.48 bits per heavy atom. The summed E-state index contributed by atoms with van der Waals surface area (Å²) in [6, 6.07) is 6.93. The number of aliphatic carboxylic acids is 1. The number of carbonyl (C=O) groups is 2. The van der Waals surface area contributed by atoms with E-state index >= 15 is 0 Å². The first-order chi connectivity index (χ1) is 11.0. The Bertz CT molecular complexity index is 538. The zero-order valence-electron chi connectivity index (χ0n) is 13.6. The average Bonchev–Trinajstić information content (AvgIpc) is 3.02. The van der Waals surface area contributed by atoms with Gasteiger partial charge in [-0.05, 0) is 49.9 Å². The number of hydrogen-bond donors (Lipinski definition) is 2. The van der Waals surface area contributed by atoms with Crippen LogP contribution in [0.5, 0.6) is 5.75 Å². The number of carbonyl (C=O) groups excluding carboxylic acids is 1. The van der Waals surface area contributed by atoms with Crippen LogP contribution in [0.1, 0.15) is 32.6 Å². The van der Waals surface area contributed by atoms with Gasteiger partial charge in [0.1, 0.15) is 5.75 Å². The summed E-state index contributed by atoms with van der Waals surface area (Å²) < 4.78 is 5.87. The van der Waals surface area contributed by atoms with Gasteiger partial charge in [0.15, 0.2) is 0 Å². The van der Waals surface area contributed by atoms with Crippen LogP contribution in [0.3, 0.4) is 0 Å². The van der Waals surface area contributed by atoms with E-state index in [4.69, 9.17) is 9.84 Å². The summed E-state index contributed by atoms with van der Waals surface area (Å²) in [6.45, 7) is 1.73. The summed E-state index contributed by atoms with van der Waals surface area (Å²) in [4.78, 5) is 24.2. The number of nitrogens with zero attached hydrogens (tertiary/aromatic N) is 1. The number of carboxylic acid groups (broad SMARTS) is 1. The van der Waals surface area contributed by atoms with Gasteiger partial charge in [0.05, 0.1) is 12.0 Å². The van der Waals surface area contributed by atoms with Crippen LogP contribution in [0.2, 0.25) is 0 Å². The Kier molecular flexibility index (Phi) is 5.84. The molecular weight excluding hydrogens is 296 g/mol. The predicted molar refractivity (Wildman–Crippen MR) is 87.8 cm³/mol. The molecule has 0 saturated heterocycles. The van der Waals surface area contributed by atoms with Crippen molar-refractivity contribution in [3.05, 3.63) is 24.3 Å². The number of urea groups is 1.